The Balaban J connectivity index is 2.20. The summed E-state index contributed by atoms with van der Waals surface area (Å²) in [5, 5.41) is 1.38. The summed E-state index contributed by atoms with van der Waals surface area (Å²) in [6, 6.07) is 14.1. The summed E-state index contributed by atoms with van der Waals surface area (Å²) in [6.45, 7) is 3.38. The van der Waals surface area contributed by atoms with E-state index in [0.29, 0.717) is 16.6 Å². The Morgan fingerprint density at radius 2 is 1.76 bits per heavy atom. The molecule has 0 spiro atoms. The maximum absolute atomic E-state index is 6.30. The van der Waals surface area contributed by atoms with E-state index < -0.39 is 0 Å². The van der Waals surface area contributed by atoms with Gasteiger partial charge in [0.05, 0.1) is 0 Å². The second-order valence-corrected chi connectivity index (χ2v) is 6.16. The SMILES string of the molecule is Cc1ccc(CN(C)C(CN)c2cc(Cl)ccc2Cl)cc1. The first-order chi connectivity index (χ1) is 10.0. The summed E-state index contributed by atoms with van der Waals surface area (Å²) < 4.78 is 0. The van der Waals surface area contributed by atoms with E-state index >= 15 is 0 Å². The average Bonchev–Trinajstić information content (AvgIpc) is 2.46. The molecular formula is C17H20Cl2N2. The van der Waals surface area contributed by atoms with Crippen LogP contribution in [0, 0.1) is 6.92 Å². The third-order valence-electron chi connectivity index (χ3n) is 3.62. The molecular weight excluding hydrogens is 303 g/mol. The lowest BCUT2D eigenvalue weighted by molar-refractivity contribution is 0.242. The van der Waals surface area contributed by atoms with Crippen molar-refractivity contribution < 1.29 is 0 Å². The summed E-state index contributed by atoms with van der Waals surface area (Å²) in [7, 11) is 2.05. The van der Waals surface area contributed by atoms with E-state index in [4.69, 9.17) is 28.9 Å². The van der Waals surface area contributed by atoms with Crippen molar-refractivity contribution in [2.75, 3.05) is 13.6 Å². The number of nitrogens with zero attached hydrogens (tertiary/aromatic N) is 1. The molecule has 0 aliphatic rings. The van der Waals surface area contributed by atoms with Crippen LogP contribution in [0.2, 0.25) is 10.0 Å². The van der Waals surface area contributed by atoms with E-state index in [9.17, 15) is 0 Å². The van der Waals surface area contributed by atoms with E-state index in [1.54, 1.807) is 6.07 Å². The molecule has 0 saturated carbocycles. The van der Waals surface area contributed by atoms with Crippen molar-refractivity contribution in [3.63, 3.8) is 0 Å². The quantitative estimate of drug-likeness (QED) is 0.882. The smallest absolute Gasteiger partial charge is 0.0486 e. The van der Waals surface area contributed by atoms with Crippen LogP contribution in [0.15, 0.2) is 42.5 Å². The predicted octanol–water partition coefficient (Wildman–Crippen LogP) is 4.43. The molecule has 1 unspecified atom stereocenters. The molecule has 0 aromatic heterocycles. The zero-order valence-electron chi connectivity index (χ0n) is 12.3. The topological polar surface area (TPSA) is 29.3 Å². The van der Waals surface area contributed by atoms with Crippen molar-refractivity contribution in [2.24, 2.45) is 5.73 Å². The molecule has 2 nitrogen and oxygen atoms in total. The van der Waals surface area contributed by atoms with Crippen LogP contribution in [0.5, 0.6) is 0 Å². The van der Waals surface area contributed by atoms with Crippen LogP contribution >= 0.6 is 23.2 Å². The number of aryl methyl sites for hydroxylation is 1. The van der Waals surface area contributed by atoms with Crippen LogP contribution in [0.3, 0.4) is 0 Å². The van der Waals surface area contributed by atoms with Gasteiger partial charge in [-0.1, -0.05) is 53.0 Å². The lowest BCUT2D eigenvalue weighted by Crippen LogP contribution is -2.30. The molecule has 0 radical (unpaired) electrons. The maximum atomic E-state index is 6.30. The van der Waals surface area contributed by atoms with Gasteiger partial charge in [-0.15, -0.1) is 0 Å². The largest absolute Gasteiger partial charge is 0.329 e. The molecule has 1 atom stereocenters. The number of likely N-dealkylation sites (N-methyl/N-ethyl adjacent to an activating group) is 1. The standard InChI is InChI=1S/C17H20Cl2N2/c1-12-3-5-13(6-4-12)11-21(2)17(10-20)15-9-14(18)7-8-16(15)19/h3-9,17H,10-11,20H2,1-2H3. The average molecular weight is 323 g/mol. The molecule has 0 bridgehead atoms. The van der Waals surface area contributed by atoms with E-state index in [1.807, 2.05) is 12.1 Å². The second-order valence-electron chi connectivity index (χ2n) is 5.32. The van der Waals surface area contributed by atoms with Gasteiger partial charge < -0.3 is 5.73 Å². The Morgan fingerprint density at radius 1 is 1.10 bits per heavy atom. The molecule has 0 aliphatic heterocycles. The Morgan fingerprint density at radius 3 is 2.38 bits per heavy atom. The number of rotatable bonds is 5. The zero-order valence-corrected chi connectivity index (χ0v) is 13.8. The predicted molar refractivity (Wildman–Crippen MR) is 90.9 cm³/mol. The van der Waals surface area contributed by atoms with Crippen molar-refractivity contribution in [3.05, 3.63) is 69.2 Å². The number of benzene rings is 2. The van der Waals surface area contributed by atoms with Crippen LogP contribution in [0.4, 0.5) is 0 Å². The highest BCUT2D eigenvalue weighted by molar-refractivity contribution is 6.33. The van der Waals surface area contributed by atoms with E-state index in [0.717, 1.165) is 12.1 Å². The van der Waals surface area contributed by atoms with Crippen LogP contribution < -0.4 is 5.73 Å². The second kappa shape index (κ2) is 7.28. The van der Waals surface area contributed by atoms with Gasteiger partial charge in [0.25, 0.3) is 0 Å². The Kier molecular flexibility index (Phi) is 5.65. The lowest BCUT2D eigenvalue weighted by Gasteiger charge is -2.28. The third kappa shape index (κ3) is 4.21. The fourth-order valence-electron chi connectivity index (χ4n) is 2.41. The highest BCUT2D eigenvalue weighted by Crippen LogP contribution is 2.29. The molecule has 2 aromatic carbocycles. The molecule has 21 heavy (non-hydrogen) atoms. The number of hydrogen-bond acceptors (Lipinski definition) is 2. The van der Waals surface area contributed by atoms with Gasteiger partial charge in [0.1, 0.15) is 0 Å². The molecule has 0 aliphatic carbocycles. The minimum atomic E-state index is 0.0394. The van der Waals surface area contributed by atoms with E-state index in [2.05, 4.69) is 43.1 Å². The number of nitrogens with two attached hydrogens (primary N) is 1. The van der Waals surface area contributed by atoms with Crippen molar-refractivity contribution >= 4 is 23.2 Å². The molecule has 112 valence electrons. The van der Waals surface area contributed by atoms with E-state index in [1.165, 1.54) is 11.1 Å². The summed E-state index contributed by atoms with van der Waals surface area (Å²) in [4.78, 5) is 2.20. The van der Waals surface area contributed by atoms with Crippen LogP contribution in [-0.4, -0.2) is 18.5 Å². The Labute approximate surface area is 136 Å². The van der Waals surface area contributed by atoms with Crippen molar-refractivity contribution in [3.8, 4) is 0 Å². The first kappa shape index (κ1) is 16.3. The highest BCUT2D eigenvalue weighted by Gasteiger charge is 2.18. The van der Waals surface area contributed by atoms with Gasteiger partial charge in [0.2, 0.25) is 0 Å². The molecule has 4 heteroatoms. The highest BCUT2D eigenvalue weighted by atomic mass is 35.5. The molecule has 2 aromatic rings. The number of halogens is 2. The van der Waals surface area contributed by atoms with Gasteiger partial charge >= 0.3 is 0 Å². The minimum absolute atomic E-state index is 0.0394. The first-order valence-corrected chi connectivity index (χ1v) is 7.67. The van der Waals surface area contributed by atoms with Crippen LogP contribution in [0.1, 0.15) is 22.7 Å². The fraction of sp³-hybridized carbons (Fsp3) is 0.294. The van der Waals surface area contributed by atoms with Crippen molar-refractivity contribution in [1.29, 1.82) is 0 Å². The summed E-state index contributed by atoms with van der Waals surface area (Å²) in [5.74, 6) is 0. The Bertz CT molecular complexity index is 596. The Hall–Kier alpha value is -1.06. The van der Waals surface area contributed by atoms with Gasteiger partial charge in [-0.05, 0) is 43.3 Å². The summed E-state index contributed by atoms with van der Waals surface area (Å²) >= 11 is 12.4. The van der Waals surface area contributed by atoms with Gasteiger partial charge in [-0.25, -0.2) is 0 Å². The number of hydrogen-bond donors (Lipinski definition) is 1. The molecule has 0 amide bonds. The minimum Gasteiger partial charge on any atom is -0.329 e. The van der Waals surface area contributed by atoms with Gasteiger partial charge in [-0.3, -0.25) is 4.90 Å². The van der Waals surface area contributed by atoms with Gasteiger partial charge in [-0.2, -0.15) is 0 Å². The summed E-state index contributed by atoms with van der Waals surface area (Å²) in [5.41, 5.74) is 9.44. The molecule has 2 N–H and O–H groups in total. The monoisotopic (exact) mass is 322 g/mol. The fourth-order valence-corrected chi connectivity index (χ4v) is 2.83. The molecule has 0 fully saturated rings. The normalized spacial score (nSPS) is 12.7. The van der Waals surface area contributed by atoms with Crippen LogP contribution in [-0.2, 0) is 6.54 Å². The summed E-state index contributed by atoms with van der Waals surface area (Å²) in [6.07, 6.45) is 0. The van der Waals surface area contributed by atoms with Crippen molar-refractivity contribution in [1.82, 2.24) is 4.90 Å². The van der Waals surface area contributed by atoms with E-state index in [-0.39, 0.29) is 6.04 Å². The molecule has 0 saturated heterocycles. The molecule has 0 heterocycles. The first-order valence-electron chi connectivity index (χ1n) is 6.92. The maximum Gasteiger partial charge on any atom is 0.0486 e. The zero-order chi connectivity index (χ0) is 15.4. The van der Waals surface area contributed by atoms with Gasteiger partial charge in [0, 0.05) is 29.2 Å². The third-order valence-corrected chi connectivity index (χ3v) is 4.20. The van der Waals surface area contributed by atoms with Crippen molar-refractivity contribution in [2.45, 2.75) is 19.5 Å². The van der Waals surface area contributed by atoms with Gasteiger partial charge in [0.15, 0.2) is 0 Å². The lowest BCUT2D eigenvalue weighted by atomic mass is 10.0. The van der Waals surface area contributed by atoms with Crippen LogP contribution in [0.25, 0.3) is 0 Å². The molecule has 2 rings (SSSR count).